The zero-order chi connectivity index (χ0) is 65.2. The topological polar surface area (TPSA) is 91.1 Å². The lowest BCUT2D eigenvalue weighted by Crippen LogP contribution is -2.12. The molecule has 0 spiro atoms. The number of nitrogens with zero attached hydrogens (tertiary/aromatic N) is 7. The van der Waals surface area contributed by atoms with E-state index in [0.717, 1.165) is 110 Å². The maximum absolute atomic E-state index is 15.3. The molecule has 452 valence electrons. The minimum Gasteiger partial charge on any atom is -0.307 e. The second kappa shape index (κ2) is 22.2. The van der Waals surface area contributed by atoms with Crippen LogP contribution in [0.15, 0.2) is 218 Å². The summed E-state index contributed by atoms with van der Waals surface area (Å²) >= 11 is 0. The van der Waals surface area contributed by atoms with Gasteiger partial charge in [-0.2, -0.15) is 29.0 Å². The van der Waals surface area contributed by atoms with Crippen LogP contribution in [-0.2, 0) is 6.18 Å². The number of benzene rings is 12. The summed E-state index contributed by atoms with van der Waals surface area (Å²) in [6, 6.07) is 78.1. The van der Waals surface area contributed by atoms with Gasteiger partial charge in [-0.05, 0) is 214 Å². The fraction of sp³-hybridized carbons (Fsp3) is 0.107. The molecule has 12 aromatic carbocycles. The van der Waals surface area contributed by atoms with E-state index in [4.69, 9.17) is 0 Å². The lowest BCUT2D eigenvalue weighted by Gasteiger charge is -2.22. The Bertz CT molecular complexity index is 5820. The number of hydrogen-bond acceptors (Lipinski definition) is 3. The third-order valence-electron chi connectivity index (χ3n) is 19.2. The fourth-order valence-corrected chi connectivity index (χ4v) is 15.1. The monoisotopic (exact) mass is 1220 g/mol. The van der Waals surface area contributed by atoms with Gasteiger partial charge in [0.15, 0.2) is 0 Å². The molecule has 0 aliphatic carbocycles. The van der Waals surface area contributed by atoms with E-state index in [0.29, 0.717) is 33.6 Å². The third-order valence-corrected chi connectivity index (χ3v) is 19.2. The zero-order valence-electron chi connectivity index (χ0n) is 53.0. The molecule has 0 unspecified atom stereocenters. The molecule has 0 saturated heterocycles. The van der Waals surface area contributed by atoms with Gasteiger partial charge in [-0.3, -0.25) is 0 Å². The van der Waals surface area contributed by atoms with Gasteiger partial charge in [-0.25, -0.2) is 0 Å². The Morgan fingerprint density at radius 2 is 0.521 bits per heavy atom. The lowest BCUT2D eigenvalue weighted by molar-refractivity contribution is -0.137. The molecule has 0 aliphatic heterocycles. The minimum absolute atomic E-state index is 0.0155. The molecule has 0 aliphatic rings. The molecule has 0 fully saturated rings. The first-order valence-corrected chi connectivity index (χ1v) is 31.3. The Hall–Kier alpha value is -11.9. The predicted molar refractivity (Wildman–Crippen MR) is 378 cm³/mol. The van der Waals surface area contributed by atoms with Crippen LogP contribution < -0.4 is 0 Å². The van der Waals surface area contributed by atoms with E-state index in [1.165, 1.54) is 55.9 Å². The van der Waals surface area contributed by atoms with Gasteiger partial charge in [0.25, 0.3) is 0 Å². The van der Waals surface area contributed by atoms with Crippen molar-refractivity contribution in [2.75, 3.05) is 0 Å². The van der Waals surface area contributed by atoms with Gasteiger partial charge in [0.1, 0.15) is 0 Å². The van der Waals surface area contributed by atoms with Gasteiger partial charge in [0.05, 0.1) is 107 Å². The number of aryl methyl sites for hydroxylation is 8. The largest absolute Gasteiger partial charge is 0.417 e. The highest BCUT2D eigenvalue weighted by Gasteiger charge is 2.37. The van der Waals surface area contributed by atoms with Crippen LogP contribution in [-0.4, -0.2) is 18.3 Å². The summed E-state index contributed by atoms with van der Waals surface area (Å²) in [4.78, 5) is 0. The smallest absolute Gasteiger partial charge is 0.307 e. The number of nitriles is 3. The van der Waals surface area contributed by atoms with Crippen LogP contribution in [0.25, 0.3) is 132 Å². The average molecular weight is 1220 g/mol. The number of aromatic nitrogens is 4. The van der Waals surface area contributed by atoms with Gasteiger partial charge >= 0.3 is 6.18 Å². The van der Waals surface area contributed by atoms with Crippen LogP contribution in [0.1, 0.15) is 66.8 Å². The first-order valence-electron chi connectivity index (χ1n) is 31.3. The second-order valence-electron chi connectivity index (χ2n) is 24.9. The molecule has 0 radical (unpaired) electrons. The molecule has 0 atom stereocenters. The molecular weight excluding hydrogens is 1160 g/mol. The minimum atomic E-state index is -4.68. The molecule has 4 heterocycles. The normalized spacial score (nSPS) is 11.7. The maximum Gasteiger partial charge on any atom is 0.417 e. The summed E-state index contributed by atoms with van der Waals surface area (Å²) < 4.78 is 54.7. The maximum atomic E-state index is 15.3. The van der Waals surface area contributed by atoms with Gasteiger partial charge in [0, 0.05) is 48.7 Å². The van der Waals surface area contributed by atoms with Crippen LogP contribution in [0.5, 0.6) is 0 Å². The number of fused-ring (bicyclic) bond motifs is 12. The van der Waals surface area contributed by atoms with Crippen LogP contribution in [0.4, 0.5) is 13.2 Å². The Kier molecular flexibility index (Phi) is 13.8. The van der Waals surface area contributed by atoms with Crippen molar-refractivity contribution in [3.8, 4) is 63.2 Å². The Balaban J connectivity index is 0.000000155. The number of rotatable bonds is 6. The number of halogens is 3. The molecule has 0 amide bonds. The van der Waals surface area contributed by atoms with Crippen LogP contribution in [0, 0.1) is 89.4 Å². The average Bonchev–Trinajstić information content (AvgIpc) is 1.54. The van der Waals surface area contributed by atoms with E-state index >= 15 is 13.2 Å². The van der Waals surface area contributed by atoms with Gasteiger partial charge in [0.2, 0.25) is 0 Å². The molecule has 10 heteroatoms. The molecule has 0 N–H and O–H groups in total. The highest BCUT2D eigenvalue weighted by molar-refractivity contribution is 6.17. The summed E-state index contributed by atoms with van der Waals surface area (Å²) in [6.45, 7) is 16.9. The van der Waals surface area contributed by atoms with Crippen molar-refractivity contribution < 1.29 is 13.2 Å². The molecule has 94 heavy (non-hydrogen) atoms. The van der Waals surface area contributed by atoms with E-state index in [-0.39, 0.29) is 5.56 Å². The van der Waals surface area contributed by atoms with Crippen molar-refractivity contribution in [3.63, 3.8) is 0 Å². The van der Waals surface area contributed by atoms with Gasteiger partial charge in [-0.15, -0.1) is 0 Å². The standard InChI is InChI=1S/C42H30F3N3.C42H30N4/c1-24-10-5-16-32-38(24)39-25(2)11-6-17-33(39)47(32)36-21-30(29-15-9-14-28(20-29)23-46)31(42(43,44)45)22-37(36)48-34-18-7-12-26(3)40(34)41-27(4)13-8-19-35(41)48;1-25-10-5-16-33-39(25)40-26(2)11-6-17-34(40)45(33)37-21-31(24-44)32(30-15-9-14-29(20-30)23-43)22-38(37)46-35-18-7-12-27(3)41(35)42-28(4)13-8-19-36(42)46/h5-22H,1-4H3;5-22H,1-4H3. The van der Waals surface area contributed by atoms with Crippen molar-refractivity contribution in [2.45, 2.75) is 61.6 Å². The van der Waals surface area contributed by atoms with Crippen molar-refractivity contribution in [2.24, 2.45) is 0 Å². The molecule has 16 aromatic rings. The second-order valence-corrected chi connectivity index (χ2v) is 24.9. The molecule has 7 nitrogen and oxygen atoms in total. The number of alkyl halides is 3. The van der Waals surface area contributed by atoms with Crippen molar-refractivity contribution >= 4 is 87.2 Å². The molecular formula is C84H60F3N7. The summed E-state index contributed by atoms with van der Waals surface area (Å²) in [6.07, 6.45) is -4.68. The first kappa shape index (κ1) is 58.5. The van der Waals surface area contributed by atoms with Gasteiger partial charge < -0.3 is 18.3 Å². The Morgan fingerprint density at radius 3 is 0.787 bits per heavy atom. The van der Waals surface area contributed by atoms with E-state index in [1.54, 1.807) is 30.3 Å². The van der Waals surface area contributed by atoms with Gasteiger partial charge in [-0.1, -0.05) is 121 Å². The highest BCUT2D eigenvalue weighted by Crippen LogP contribution is 2.48. The Labute approximate surface area is 541 Å². The van der Waals surface area contributed by atoms with Crippen molar-refractivity contribution in [1.82, 2.24) is 18.3 Å². The molecule has 0 bridgehead atoms. The fourth-order valence-electron chi connectivity index (χ4n) is 15.1. The van der Waals surface area contributed by atoms with Crippen molar-refractivity contribution in [3.05, 3.63) is 285 Å². The number of hydrogen-bond donors (Lipinski definition) is 0. The SMILES string of the molecule is Cc1cccc2c1c1c(C)cccc1n2-c1cc(-c2cccc(C#N)c2)c(C(F)(F)F)cc1-n1c2cccc(C)c2c2c(C)cccc21.Cc1cccc2c1c1c(C)cccc1n2-c1cc(C#N)c(-c2cccc(C#N)c2)cc1-n1c2cccc(C)c2c2c(C)cccc21. The highest BCUT2D eigenvalue weighted by atomic mass is 19.4. The first-order chi connectivity index (χ1) is 45.5. The van der Waals surface area contributed by atoms with Crippen LogP contribution in [0.3, 0.4) is 0 Å². The summed E-state index contributed by atoms with van der Waals surface area (Å²) in [5.74, 6) is 0. The van der Waals surface area contributed by atoms with E-state index < -0.39 is 11.7 Å². The van der Waals surface area contributed by atoms with Crippen LogP contribution >= 0.6 is 0 Å². The third kappa shape index (κ3) is 8.99. The molecule has 4 aromatic heterocycles. The van der Waals surface area contributed by atoms with E-state index in [2.05, 4.69) is 164 Å². The zero-order valence-corrected chi connectivity index (χ0v) is 53.0. The van der Waals surface area contributed by atoms with Crippen molar-refractivity contribution in [1.29, 1.82) is 15.8 Å². The quantitative estimate of drug-likeness (QED) is 0.166. The van der Waals surface area contributed by atoms with E-state index in [1.807, 2.05) is 103 Å². The molecule has 0 saturated carbocycles. The molecule has 16 rings (SSSR count). The summed E-state index contributed by atoms with van der Waals surface area (Å²) in [5.41, 5.74) is 22.6. The predicted octanol–water partition coefficient (Wildman–Crippen LogP) is 22.2. The summed E-state index contributed by atoms with van der Waals surface area (Å²) in [5, 5.41) is 39.1. The Morgan fingerprint density at radius 1 is 0.277 bits per heavy atom. The lowest BCUT2D eigenvalue weighted by atomic mass is 9.95. The van der Waals surface area contributed by atoms with Crippen LogP contribution in [0.2, 0.25) is 0 Å². The van der Waals surface area contributed by atoms with E-state index in [9.17, 15) is 15.8 Å². The summed E-state index contributed by atoms with van der Waals surface area (Å²) in [7, 11) is 0.